The van der Waals surface area contributed by atoms with E-state index < -0.39 is 0 Å². The van der Waals surface area contributed by atoms with Crippen LogP contribution in [0.1, 0.15) is 36.4 Å². The van der Waals surface area contributed by atoms with Gasteiger partial charge < -0.3 is 14.5 Å². The molecule has 0 atom stereocenters. The maximum absolute atomic E-state index is 9.67. The van der Waals surface area contributed by atoms with Crippen molar-refractivity contribution in [2.75, 3.05) is 13.7 Å². The molecule has 0 aliphatic heterocycles. The Morgan fingerprint density at radius 2 is 1.93 bits per heavy atom. The summed E-state index contributed by atoms with van der Waals surface area (Å²) in [7, 11) is 1.61. The molecule has 0 amide bonds. The standard InChI is InChI=1S/C23H25N3O2/c1-14(2)13-28-21-7-6-17(11-22(21)27-5)10-18(12-24)23-25-19-8-15(3)16(4)9-20(19)26-23/h6-11,14H,13H2,1-5H3,(H,25,26)/b18-10-. The Morgan fingerprint density at radius 3 is 2.61 bits per heavy atom. The fraction of sp³-hybridized carbons (Fsp3) is 0.304. The van der Waals surface area contributed by atoms with Crippen LogP contribution in [0.5, 0.6) is 11.5 Å². The molecule has 0 bridgehead atoms. The van der Waals surface area contributed by atoms with E-state index in [1.807, 2.05) is 24.3 Å². The van der Waals surface area contributed by atoms with Gasteiger partial charge in [-0.05, 0) is 66.8 Å². The average Bonchev–Trinajstić information content (AvgIpc) is 3.07. The molecular weight excluding hydrogens is 350 g/mol. The van der Waals surface area contributed by atoms with E-state index in [0.717, 1.165) is 16.6 Å². The van der Waals surface area contributed by atoms with Crippen LogP contribution in [0.4, 0.5) is 0 Å². The van der Waals surface area contributed by atoms with Gasteiger partial charge in [0.05, 0.1) is 30.3 Å². The highest BCUT2D eigenvalue weighted by atomic mass is 16.5. The maximum Gasteiger partial charge on any atom is 0.161 e. The van der Waals surface area contributed by atoms with Crippen LogP contribution in [0.2, 0.25) is 0 Å². The summed E-state index contributed by atoms with van der Waals surface area (Å²) >= 11 is 0. The molecule has 1 N–H and O–H groups in total. The highest BCUT2D eigenvalue weighted by molar-refractivity contribution is 5.90. The zero-order valence-corrected chi connectivity index (χ0v) is 17.0. The highest BCUT2D eigenvalue weighted by Gasteiger charge is 2.11. The fourth-order valence-corrected chi connectivity index (χ4v) is 2.87. The summed E-state index contributed by atoms with van der Waals surface area (Å²) in [4.78, 5) is 7.84. The number of nitrogens with zero attached hydrogens (tertiary/aromatic N) is 2. The lowest BCUT2D eigenvalue weighted by molar-refractivity contribution is 0.257. The zero-order valence-electron chi connectivity index (χ0n) is 17.0. The van der Waals surface area contributed by atoms with Gasteiger partial charge in [0, 0.05) is 0 Å². The number of hydrogen-bond acceptors (Lipinski definition) is 4. The van der Waals surface area contributed by atoms with Gasteiger partial charge in [0.15, 0.2) is 11.5 Å². The number of methoxy groups -OCH3 is 1. The third-order valence-electron chi connectivity index (χ3n) is 4.54. The second-order valence-electron chi connectivity index (χ2n) is 7.32. The third kappa shape index (κ3) is 4.17. The first-order chi connectivity index (χ1) is 13.4. The van der Waals surface area contributed by atoms with Gasteiger partial charge >= 0.3 is 0 Å². The first-order valence-electron chi connectivity index (χ1n) is 9.31. The predicted molar refractivity (Wildman–Crippen MR) is 112 cm³/mol. The largest absolute Gasteiger partial charge is 0.493 e. The molecule has 1 aromatic heterocycles. The van der Waals surface area contributed by atoms with Gasteiger partial charge in [-0.1, -0.05) is 19.9 Å². The molecule has 0 radical (unpaired) electrons. The number of imidazole rings is 1. The molecule has 0 aliphatic rings. The lowest BCUT2D eigenvalue weighted by atomic mass is 10.1. The van der Waals surface area contributed by atoms with E-state index in [9.17, 15) is 5.26 Å². The van der Waals surface area contributed by atoms with Crippen molar-refractivity contribution in [3.05, 3.63) is 52.8 Å². The van der Waals surface area contributed by atoms with Crippen LogP contribution in [-0.4, -0.2) is 23.7 Å². The highest BCUT2D eigenvalue weighted by Crippen LogP contribution is 2.30. The summed E-state index contributed by atoms with van der Waals surface area (Å²) < 4.78 is 11.2. The molecule has 0 aliphatic carbocycles. The summed E-state index contributed by atoms with van der Waals surface area (Å²) in [5, 5.41) is 9.67. The SMILES string of the molecule is COc1cc(/C=C(/C#N)c2nc3cc(C)c(C)cc3[nH]2)ccc1OCC(C)C. The number of aryl methyl sites for hydroxylation is 2. The van der Waals surface area contributed by atoms with Gasteiger partial charge in [-0.2, -0.15) is 5.26 Å². The van der Waals surface area contributed by atoms with Gasteiger partial charge in [0.25, 0.3) is 0 Å². The maximum atomic E-state index is 9.67. The van der Waals surface area contributed by atoms with E-state index in [4.69, 9.17) is 9.47 Å². The van der Waals surface area contributed by atoms with Crippen LogP contribution in [0.25, 0.3) is 22.7 Å². The average molecular weight is 375 g/mol. The molecule has 5 heteroatoms. The minimum absolute atomic E-state index is 0.426. The normalized spacial score (nSPS) is 11.7. The molecule has 0 saturated carbocycles. The minimum atomic E-state index is 0.426. The van der Waals surface area contributed by atoms with Crippen molar-refractivity contribution in [1.29, 1.82) is 5.26 Å². The Balaban J connectivity index is 1.95. The number of fused-ring (bicyclic) bond motifs is 1. The summed E-state index contributed by atoms with van der Waals surface area (Å²) in [6, 6.07) is 12.0. The summed E-state index contributed by atoms with van der Waals surface area (Å²) in [5.41, 5.74) is 5.45. The molecule has 28 heavy (non-hydrogen) atoms. The van der Waals surface area contributed by atoms with Crippen molar-refractivity contribution in [2.45, 2.75) is 27.7 Å². The molecule has 0 fully saturated rings. The molecular formula is C23H25N3O2. The number of H-pyrrole nitrogens is 1. The molecule has 0 unspecified atom stereocenters. The molecule has 1 heterocycles. The molecule has 3 aromatic rings. The summed E-state index contributed by atoms with van der Waals surface area (Å²) in [6.07, 6.45) is 1.80. The summed E-state index contributed by atoms with van der Waals surface area (Å²) in [5.74, 6) is 2.32. The van der Waals surface area contributed by atoms with Gasteiger partial charge in [-0.3, -0.25) is 0 Å². The third-order valence-corrected chi connectivity index (χ3v) is 4.54. The number of nitriles is 1. The number of rotatable bonds is 6. The number of aromatic amines is 1. The Bertz CT molecular complexity index is 1030. The van der Waals surface area contributed by atoms with Crippen LogP contribution >= 0.6 is 0 Å². The van der Waals surface area contributed by atoms with E-state index in [1.165, 1.54) is 11.1 Å². The zero-order chi connectivity index (χ0) is 20.3. The number of benzene rings is 2. The van der Waals surface area contributed by atoms with Crippen LogP contribution < -0.4 is 9.47 Å². The van der Waals surface area contributed by atoms with Gasteiger partial charge in [0.1, 0.15) is 11.9 Å². The number of aromatic nitrogens is 2. The van der Waals surface area contributed by atoms with Crippen molar-refractivity contribution < 1.29 is 9.47 Å². The monoisotopic (exact) mass is 375 g/mol. The molecule has 5 nitrogen and oxygen atoms in total. The van der Waals surface area contributed by atoms with E-state index in [1.54, 1.807) is 13.2 Å². The lowest BCUT2D eigenvalue weighted by Gasteiger charge is -2.12. The number of hydrogen-bond donors (Lipinski definition) is 1. The van der Waals surface area contributed by atoms with Crippen LogP contribution in [0, 0.1) is 31.1 Å². The number of ether oxygens (including phenoxy) is 2. The molecule has 144 valence electrons. The Kier molecular flexibility index (Phi) is 5.70. The van der Waals surface area contributed by atoms with E-state index in [0.29, 0.717) is 35.4 Å². The Hall–Kier alpha value is -3.26. The predicted octanol–water partition coefficient (Wildman–Crippen LogP) is 5.29. The lowest BCUT2D eigenvalue weighted by Crippen LogP contribution is -2.05. The Morgan fingerprint density at radius 1 is 1.18 bits per heavy atom. The first-order valence-corrected chi connectivity index (χ1v) is 9.31. The van der Waals surface area contributed by atoms with Gasteiger partial charge in [-0.25, -0.2) is 4.98 Å². The minimum Gasteiger partial charge on any atom is -0.493 e. The smallest absolute Gasteiger partial charge is 0.161 e. The second-order valence-corrected chi connectivity index (χ2v) is 7.32. The van der Waals surface area contributed by atoms with Gasteiger partial charge in [-0.15, -0.1) is 0 Å². The fourth-order valence-electron chi connectivity index (χ4n) is 2.87. The Labute approximate surface area is 165 Å². The van der Waals surface area contributed by atoms with E-state index >= 15 is 0 Å². The van der Waals surface area contributed by atoms with Crippen molar-refractivity contribution in [3.8, 4) is 17.6 Å². The topological polar surface area (TPSA) is 70.9 Å². The van der Waals surface area contributed by atoms with Crippen molar-refractivity contribution >= 4 is 22.7 Å². The molecule has 0 spiro atoms. The van der Waals surface area contributed by atoms with Crippen LogP contribution in [0.15, 0.2) is 30.3 Å². The van der Waals surface area contributed by atoms with Crippen molar-refractivity contribution in [3.63, 3.8) is 0 Å². The quantitative estimate of drug-likeness (QED) is 0.595. The molecule has 3 rings (SSSR count). The van der Waals surface area contributed by atoms with E-state index in [2.05, 4.69) is 49.8 Å². The first kappa shape index (κ1) is 19.5. The van der Waals surface area contributed by atoms with Crippen LogP contribution in [0.3, 0.4) is 0 Å². The molecule has 0 saturated heterocycles. The van der Waals surface area contributed by atoms with E-state index in [-0.39, 0.29) is 0 Å². The number of nitrogens with one attached hydrogen (secondary N) is 1. The molecule has 2 aromatic carbocycles. The van der Waals surface area contributed by atoms with Crippen molar-refractivity contribution in [1.82, 2.24) is 9.97 Å². The summed E-state index contributed by atoms with van der Waals surface area (Å²) in [6.45, 7) is 8.93. The van der Waals surface area contributed by atoms with Crippen LogP contribution in [-0.2, 0) is 0 Å². The second kappa shape index (κ2) is 8.18. The van der Waals surface area contributed by atoms with Gasteiger partial charge in [0.2, 0.25) is 0 Å². The van der Waals surface area contributed by atoms with Crippen molar-refractivity contribution in [2.24, 2.45) is 5.92 Å². The number of allylic oxidation sites excluding steroid dienone is 1.